The molecular weight excluding hydrogens is 528 g/mol. The molecule has 0 radical (unpaired) electrons. The maximum Gasteiger partial charge on any atom is 0.336 e. The van der Waals surface area contributed by atoms with Gasteiger partial charge < -0.3 is 14.8 Å². The second-order valence-electron chi connectivity index (χ2n) is 10.7. The molecule has 5 rings (SSSR count). The number of hydrogen-bond acceptors (Lipinski definition) is 8. The van der Waals surface area contributed by atoms with Crippen LogP contribution in [0.1, 0.15) is 42.5 Å². The molecule has 0 aliphatic carbocycles. The molecule has 0 bridgehead atoms. The first-order valence-corrected chi connectivity index (χ1v) is 14.4. The number of allylic oxidation sites excluding steroid dienone is 2. The number of dihydropyridines is 1. The van der Waals surface area contributed by atoms with Crippen LogP contribution in [0.5, 0.6) is 0 Å². The highest BCUT2D eigenvalue weighted by Crippen LogP contribution is 2.39. The molecule has 0 amide bonds. The third kappa shape index (κ3) is 6.45. The molecule has 1 fully saturated rings. The second-order valence-corrected chi connectivity index (χ2v) is 10.7. The number of methoxy groups -OCH3 is 1. The van der Waals surface area contributed by atoms with Crippen molar-refractivity contribution >= 4 is 11.9 Å². The molecule has 3 aromatic rings. The summed E-state index contributed by atoms with van der Waals surface area (Å²) in [4.78, 5) is 35.4. The minimum Gasteiger partial charge on any atom is -0.466 e. The zero-order valence-electron chi connectivity index (χ0n) is 24.5. The molecule has 8 nitrogen and oxygen atoms in total. The fourth-order valence-electron chi connectivity index (χ4n) is 6.00. The summed E-state index contributed by atoms with van der Waals surface area (Å²) < 4.78 is 10.9. The number of carbonyl (C=O) groups is 2. The van der Waals surface area contributed by atoms with Gasteiger partial charge in [-0.05, 0) is 36.6 Å². The highest BCUT2D eigenvalue weighted by molar-refractivity contribution is 5.99. The lowest BCUT2D eigenvalue weighted by atomic mass is 9.81. The molecule has 2 aliphatic heterocycles. The van der Waals surface area contributed by atoms with Crippen molar-refractivity contribution in [3.8, 4) is 0 Å². The number of nitrogens with one attached hydrogen (secondary N) is 1. The summed E-state index contributed by atoms with van der Waals surface area (Å²) in [6, 6.07) is 25.1. The van der Waals surface area contributed by atoms with Crippen LogP contribution < -0.4 is 5.32 Å². The Kier molecular flexibility index (Phi) is 9.46. The van der Waals surface area contributed by atoms with Crippen LogP contribution in [0, 0.1) is 0 Å². The zero-order chi connectivity index (χ0) is 29.5. The van der Waals surface area contributed by atoms with Gasteiger partial charge in [0.25, 0.3) is 0 Å². The molecule has 0 spiro atoms. The van der Waals surface area contributed by atoms with Crippen molar-refractivity contribution in [1.29, 1.82) is 0 Å². The fourth-order valence-corrected chi connectivity index (χ4v) is 6.00. The Labute approximate surface area is 247 Å². The van der Waals surface area contributed by atoms with E-state index in [0.717, 1.165) is 31.7 Å². The van der Waals surface area contributed by atoms with Gasteiger partial charge in [-0.25, -0.2) is 9.59 Å². The standard InChI is InChI=1S/C34H38N4O4/c1-24-29(33(39)41-3)31(28-15-10-16-35-23-28)30(25(2)36-24)34(40)42-22-21-37-17-19-38(20-18-37)32(26-11-6-4-7-12-26)27-13-8-5-9-14-27/h4-16,23,31-32,36H,17-22H2,1-3H3. The minimum atomic E-state index is -0.628. The van der Waals surface area contributed by atoms with Crippen molar-refractivity contribution in [1.82, 2.24) is 20.1 Å². The molecule has 218 valence electrons. The van der Waals surface area contributed by atoms with Crippen molar-refractivity contribution in [2.45, 2.75) is 25.8 Å². The van der Waals surface area contributed by atoms with E-state index in [0.29, 0.717) is 29.1 Å². The van der Waals surface area contributed by atoms with Gasteiger partial charge in [-0.2, -0.15) is 0 Å². The number of esters is 2. The SMILES string of the molecule is COC(=O)C1=C(C)NC(C)=C(C(=O)OCCN2CCN(C(c3ccccc3)c3ccccc3)CC2)C1c1cccnc1. The van der Waals surface area contributed by atoms with E-state index >= 15 is 0 Å². The largest absolute Gasteiger partial charge is 0.466 e. The van der Waals surface area contributed by atoms with Crippen molar-refractivity contribution in [2.24, 2.45) is 0 Å². The van der Waals surface area contributed by atoms with E-state index in [1.54, 1.807) is 25.4 Å². The summed E-state index contributed by atoms with van der Waals surface area (Å²) in [6.07, 6.45) is 3.33. The second kappa shape index (κ2) is 13.6. The van der Waals surface area contributed by atoms with Crippen LogP contribution in [-0.2, 0) is 19.1 Å². The van der Waals surface area contributed by atoms with E-state index < -0.39 is 17.9 Å². The van der Waals surface area contributed by atoms with E-state index in [1.807, 2.05) is 13.0 Å². The smallest absolute Gasteiger partial charge is 0.336 e. The molecule has 1 unspecified atom stereocenters. The summed E-state index contributed by atoms with van der Waals surface area (Å²) in [5.74, 6) is -1.57. The number of nitrogens with zero attached hydrogens (tertiary/aromatic N) is 3. The predicted molar refractivity (Wildman–Crippen MR) is 161 cm³/mol. The topological polar surface area (TPSA) is 84.0 Å². The number of rotatable bonds is 9. The van der Waals surface area contributed by atoms with Crippen molar-refractivity contribution in [2.75, 3.05) is 46.4 Å². The van der Waals surface area contributed by atoms with Crippen LogP contribution in [-0.4, -0.2) is 73.2 Å². The number of ether oxygens (including phenoxy) is 2. The van der Waals surface area contributed by atoms with Crippen LogP contribution in [0.15, 0.2) is 108 Å². The number of benzene rings is 2. The quantitative estimate of drug-likeness (QED) is 0.381. The van der Waals surface area contributed by atoms with Crippen molar-refractivity contribution < 1.29 is 19.1 Å². The fraction of sp³-hybridized carbons (Fsp3) is 0.324. The highest BCUT2D eigenvalue weighted by Gasteiger charge is 2.38. The highest BCUT2D eigenvalue weighted by atomic mass is 16.5. The third-order valence-electron chi connectivity index (χ3n) is 8.05. The first-order chi connectivity index (χ1) is 20.5. The van der Waals surface area contributed by atoms with Crippen LogP contribution in [0.4, 0.5) is 0 Å². The van der Waals surface area contributed by atoms with E-state index in [9.17, 15) is 9.59 Å². The van der Waals surface area contributed by atoms with E-state index in [2.05, 4.69) is 80.8 Å². The molecule has 1 saturated heterocycles. The molecule has 42 heavy (non-hydrogen) atoms. The number of hydrogen-bond donors (Lipinski definition) is 1. The summed E-state index contributed by atoms with van der Waals surface area (Å²) in [6.45, 7) is 8.10. The molecule has 1 atom stereocenters. The molecule has 1 N–H and O–H groups in total. The molecule has 1 aromatic heterocycles. The van der Waals surface area contributed by atoms with Gasteiger partial charge in [0.15, 0.2) is 0 Å². The monoisotopic (exact) mass is 566 g/mol. The first kappa shape index (κ1) is 29.2. The molecular formula is C34H38N4O4. The normalized spacial score (nSPS) is 18.1. The first-order valence-electron chi connectivity index (χ1n) is 14.4. The summed E-state index contributed by atoms with van der Waals surface area (Å²) in [7, 11) is 1.34. The zero-order valence-corrected chi connectivity index (χ0v) is 24.5. The lowest BCUT2D eigenvalue weighted by molar-refractivity contribution is -0.140. The maximum atomic E-state index is 13.5. The molecule has 2 aromatic carbocycles. The lowest BCUT2D eigenvalue weighted by Crippen LogP contribution is -2.48. The number of pyridine rings is 1. The van der Waals surface area contributed by atoms with Gasteiger partial charge in [0.1, 0.15) is 6.61 Å². The predicted octanol–water partition coefficient (Wildman–Crippen LogP) is 4.44. The number of carbonyl (C=O) groups excluding carboxylic acids is 2. The molecule has 8 heteroatoms. The van der Waals surface area contributed by atoms with Crippen LogP contribution in [0.25, 0.3) is 0 Å². The van der Waals surface area contributed by atoms with E-state index in [4.69, 9.17) is 9.47 Å². The number of aromatic nitrogens is 1. The van der Waals surface area contributed by atoms with Crippen LogP contribution >= 0.6 is 0 Å². The average molecular weight is 567 g/mol. The number of piperazine rings is 1. The Balaban J connectivity index is 1.22. The van der Waals surface area contributed by atoms with Gasteiger partial charge in [-0.15, -0.1) is 0 Å². The average Bonchev–Trinajstić information content (AvgIpc) is 3.02. The van der Waals surface area contributed by atoms with Gasteiger partial charge in [-0.3, -0.25) is 14.8 Å². The molecule has 2 aliphatic rings. The Morgan fingerprint density at radius 3 is 2.00 bits per heavy atom. The van der Waals surface area contributed by atoms with Gasteiger partial charge in [0.2, 0.25) is 0 Å². The Hall–Kier alpha value is -4.27. The van der Waals surface area contributed by atoms with Gasteiger partial charge in [0, 0.05) is 56.5 Å². The Morgan fingerprint density at radius 2 is 1.45 bits per heavy atom. The molecule has 3 heterocycles. The maximum absolute atomic E-state index is 13.5. The third-order valence-corrected chi connectivity index (χ3v) is 8.05. The van der Waals surface area contributed by atoms with Gasteiger partial charge >= 0.3 is 11.9 Å². The lowest BCUT2D eigenvalue weighted by Gasteiger charge is -2.39. The van der Waals surface area contributed by atoms with E-state index in [1.165, 1.54) is 18.2 Å². The van der Waals surface area contributed by atoms with E-state index in [-0.39, 0.29) is 12.6 Å². The summed E-state index contributed by atoms with van der Waals surface area (Å²) >= 11 is 0. The Morgan fingerprint density at radius 1 is 0.857 bits per heavy atom. The molecule has 0 saturated carbocycles. The summed E-state index contributed by atoms with van der Waals surface area (Å²) in [5.41, 5.74) is 5.38. The summed E-state index contributed by atoms with van der Waals surface area (Å²) in [5, 5.41) is 3.18. The van der Waals surface area contributed by atoms with Crippen molar-refractivity contribution in [3.05, 3.63) is 124 Å². The van der Waals surface area contributed by atoms with Crippen molar-refractivity contribution in [3.63, 3.8) is 0 Å². The van der Waals surface area contributed by atoms with Gasteiger partial charge in [0.05, 0.1) is 30.2 Å². The van der Waals surface area contributed by atoms with Crippen LogP contribution in [0.2, 0.25) is 0 Å². The van der Waals surface area contributed by atoms with Crippen LogP contribution in [0.3, 0.4) is 0 Å². The minimum absolute atomic E-state index is 0.200. The Bertz CT molecular complexity index is 1390. The van der Waals surface area contributed by atoms with Gasteiger partial charge in [-0.1, -0.05) is 66.7 Å².